The Morgan fingerprint density at radius 2 is 2.33 bits per heavy atom. The molecule has 1 rings (SSSR count). The molecule has 1 aliphatic heterocycles. The Bertz CT molecular complexity index is 127. The predicted molar refractivity (Wildman–Crippen MR) is 54.6 cm³/mol. The van der Waals surface area contributed by atoms with Crippen LogP contribution < -0.4 is 5.32 Å². The lowest BCUT2D eigenvalue weighted by Gasteiger charge is -2.26. The minimum atomic E-state index is -0.567. The van der Waals surface area contributed by atoms with Crippen LogP contribution >= 0.6 is 11.8 Å². The quantitative estimate of drug-likeness (QED) is 0.700. The van der Waals surface area contributed by atoms with Gasteiger partial charge >= 0.3 is 0 Å². The molecule has 3 heteroatoms. The van der Waals surface area contributed by atoms with Crippen molar-refractivity contribution in [3.63, 3.8) is 0 Å². The van der Waals surface area contributed by atoms with Crippen molar-refractivity contribution in [2.45, 2.75) is 38.3 Å². The molecule has 0 amide bonds. The highest BCUT2D eigenvalue weighted by Gasteiger charge is 2.17. The molecule has 12 heavy (non-hydrogen) atoms. The first-order valence-electron chi connectivity index (χ1n) is 4.61. The number of nitrogens with one attached hydrogen (secondary N) is 1. The summed E-state index contributed by atoms with van der Waals surface area (Å²) in [5.41, 5.74) is -0.567. The predicted octanol–water partition coefficient (Wildman–Crippen LogP) is 1.24. The molecule has 0 aromatic rings. The SMILES string of the molecule is CC(C)(O)CN[C@@H]1CCCSC1. The maximum Gasteiger partial charge on any atom is 0.0715 e. The zero-order valence-electron chi connectivity index (χ0n) is 7.97. The summed E-state index contributed by atoms with van der Waals surface area (Å²) in [7, 11) is 0. The molecule has 1 heterocycles. The van der Waals surface area contributed by atoms with E-state index in [1.165, 1.54) is 24.3 Å². The molecule has 0 unspecified atom stereocenters. The molecule has 0 aliphatic carbocycles. The Morgan fingerprint density at radius 1 is 1.58 bits per heavy atom. The van der Waals surface area contributed by atoms with Crippen LogP contribution in [0.2, 0.25) is 0 Å². The molecular weight excluding hydrogens is 170 g/mol. The summed E-state index contributed by atoms with van der Waals surface area (Å²) < 4.78 is 0. The molecule has 0 radical (unpaired) electrons. The Labute approximate surface area is 79.1 Å². The summed E-state index contributed by atoms with van der Waals surface area (Å²) >= 11 is 2.01. The van der Waals surface area contributed by atoms with Crippen LogP contribution in [0.1, 0.15) is 26.7 Å². The highest BCUT2D eigenvalue weighted by molar-refractivity contribution is 7.99. The molecule has 0 aromatic heterocycles. The molecule has 0 aromatic carbocycles. The molecular formula is C9H19NOS. The van der Waals surface area contributed by atoms with Crippen molar-refractivity contribution in [3.8, 4) is 0 Å². The highest BCUT2D eigenvalue weighted by atomic mass is 32.2. The van der Waals surface area contributed by atoms with Crippen LogP contribution in [-0.2, 0) is 0 Å². The van der Waals surface area contributed by atoms with Gasteiger partial charge in [-0.25, -0.2) is 0 Å². The summed E-state index contributed by atoms with van der Waals surface area (Å²) in [6.45, 7) is 4.39. The standard InChI is InChI=1S/C9H19NOS/c1-9(2,11)7-10-8-4-3-5-12-6-8/h8,10-11H,3-7H2,1-2H3/t8-/m1/s1. The fourth-order valence-electron chi connectivity index (χ4n) is 1.30. The van der Waals surface area contributed by atoms with Gasteiger partial charge in [-0.1, -0.05) is 0 Å². The van der Waals surface area contributed by atoms with E-state index in [-0.39, 0.29) is 0 Å². The molecule has 2 N–H and O–H groups in total. The van der Waals surface area contributed by atoms with Gasteiger partial charge in [0.15, 0.2) is 0 Å². The van der Waals surface area contributed by atoms with Crippen molar-refractivity contribution in [1.29, 1.82) is 0 Å². The van der Waals surface area contributed by atoms with E-state index in [9.17, 15) is 5.11 Å². The Kier molecular flexibility index (Phi) is 3.87. The van der Waals surface area contributed by atoms with E-state index in [1.54, 1.807) is 0 Å². The van der Waals surface area contributed by atoms with Gasteiger partial charge in [0.1, 0.15) is 0 Å². The average molecular weight is 189 g/mol. The number of rotatable bonds is 3. The second kappa shape index (κ2) is 4.49. The lowest BCUT2D eigenvalue weighted by molar-refractivity contribution is 0.0767. The molecule has 0 saturated carbocycles. The summed E-state index contributed by atoms with van der Waals surface area (Å²) in [4.78, 5) is 0. The first-order chi connectivity index (χ1) is 5.58. The van der Waals surface area contributed by atoms with Crippen LogP contribution in [0.5, 0.6) is 0 Å². The van der Waals surface area contributed by atoms with Crippen molar-refractivity contribution in [3.05, 3.63) is 0 Å². The molecule has 72 valence electrons. The number of thioether (sulfide) groups is 1. The minimum Gasteiger partial charge on any atom is -0.389 e. The lowest BCUT2D eigenvalue weighted by atomic mass is 10.1. The largest absolute Gasteiger partial charge is 0.389 e. The first kappa shape index (κ1) is 10.4. The van der Waals surface area contributed by atoms with Gasteiger partial charge in [-0.3, -0.25) is 0 Å². The Balaban J connectivity index is 2.13. The van der Waals surface area contributed by atoms with Gasteiger partial charge in [-0.15, -0.1) is 0 Å². The highest BCUT2D eigenvalue weighted by Crippen LogP contribution is 2.17. The summed E-state index contributed by atoms with van der Waals surface area (Å²) in [6.07, 6.45) is 2.58. The fourth-order valence-corrected chi connectivity index (χ4v) is 2.40. The van der Waals surface area contributed by atoms with E-state index in [2.05, 4.69) is 5.32 Å². The molecule has 1 atom stereocenters. The number of hydrogen-bond donors (Lipinski definition) is 2. The summed E-state index contributed by atoms with van der Waals surface area (Å²) in [5, 5.41) is 12.9. The van der Waals surface area contributed by atoms with E-state index in [1.807, 2.05) is 25.6 Å². The summed E-state index contributed by atoms with van der Waals surface area (Å²) in [6, 6.07) is 0.621. The Morgan fingerprint density at radius 3 is 2.83 bits per heavy atom. The van der Waals surface area contributed by atoms with E-state index in [4.69, 9.17) is 0 Å². The average Bonchev–Trinajstić information content (AvgIpc) is 2.02. The van der Waals surface area contributed by atoms with Crippen molar-refractivity contribution in [2.75, 3.05) is 18.1 Å². The van der Waals surface area contributed by atoms with Gasteiger partial charge in [0.2, 0.25) is 0 Å². The fraction of sp³-hybridized carbons (Fsp3) is 1.00. The van der Waals surface area contributed by atoms with Gasteiger partial charge in [-0.2, -0.15) is 11.8 Å². The molecule has 0 spiro atoms. The zero-order valence-corrected chi connectivity index (χ0v) is 8.78. The van der Waals surface area contributed by atoms with Gasteiger partial charge in [0, 0.05) is 18.3 Å². The third-order valence-electron chi connectivity index (χ3n) is 1.98. The number of aliphatic hydroxyl groups is 1. The normalized spacial score (nSPS) is 25.8. The van der Waals surface area contributed by atoms with E-state index in [0.717, 1.165) is 0 Å². The number of hydrogen-bond acceptors (Lipinski definition) is 3. The summed E-state index contributed by atoms with van der Waals surface area (Å²) in [5.74, 6) is 2.51. The third kappa shape index (κ3) is 4.33. The zero-order chi connectivity index (χ0) is 9.03. The van der Waals surface area contributed by atoms with Crippen LogP contribution in [0.25, 0.3) is 0 Å². The second-order valence-corrected chi connectivity index (χ2v) is 5.26. The van der Waals surface area contributed by atoms with Crippen molar-refractivity contribution < 1.29 is 5.11 Å². The van der Waals surface area contributed by atoms with Crippen LogP contribution in [0.3, 0.4) is 0 Å². The Hall–Kier alpha value is 0.270. The minimum absolute atomic E-state index is 0.567. The first-order valence-corrected chi connectivity index (χ1v) is 5.77. The maximum absolute atomic E-state index is 9.48. The van der Waals surface area contributed by atoms with Crippen LogP contribution in [0, 0.1) is 0 Å². The van der Waals surface area contributed by atoms with Crippen LogP contribution in [-0.4, -0.2) is 34.8 Å². The van der Waals surface area contributed by atoms with Crippen molar-refractivity contribution >= 4 is 11.8 Å². The molecule has 1 aliphatic rings. The molecule has 2 nitrogen and oxygen atoms in total. The molecule has 1 fully saturated rings. The van der Waals surface area contributed by atoms with E-state index in [0.29, 0.717) is 12.6 Å². The van der Waals surface area contributed by atoms with Gasteiger partial charge < -0.3 is 10.4 Å². The van der Waals surface area contributed by atoms with Crippen molar-refractivity contribution in [1.82, 2.24) is 5.32 Å². The lowest BCUT2D eigenvalue weighted by Crippen LogP contribution is -2.42. The van der Waals surface area contributed by atoms with Gasteiger partial charge in [0.05, 0.1) is 5.60 Å². The van der Waals surface area contributed by atoms with E-state index < -0.39 is 5.60 Å². The molecule has 1 saturated heterocycles. The monoisotopic (exact) mass is 189 g/mol. The maximum atomic E-state index is 9.48. The third-order valence-corrected chi connectivity index (χ3v) is 3.20. The van der Waals surface area contributed by atoms with Crippen molar-refractivity contribution in [2.24, 2.45) is 0 Å². The van der Waals surface area contributed by atoms with Gasteiger partial charge in [0.25, 0.3) is 0 Å². The van der Waals surface area contributed by atoms with Gasteiger partial charge in [-0.05, 0) is 32.4 Å². The van der Waals surface area contributed by atoms with E-state index >= 15 is 0 Å². The smallest absolute Gasteiger partial charge is 0.0715 e. The topological polar surface area (TPSA) is 32.3 Å². The second-order valence-electron chi connectivity index (χ2n) is 4.11. The van der Waals surface area contributed by atoms with Crippen LogP contribution in [0.15, 0.2) is 0 Å². The van der Waals surface area contributed by atoms with Crippen LogP contribution in [0.4, 0.5) is 0 Å². The molecule has 0 bridgehead atoms.